The van der Waals surface area contributed by atoms with Gasteiger partial charge in [-0.15, -0.1) is 0 Å². The lowest BCUT2D eigenvalue weighted by Gasteiger charge is -2.08. The van der Waals surface area contributed by atoms with Gasteiger partial charge in [0.1, 0.15) is 0 Å². The maximum Gasteiger partial charge on any atom is 0.256 e. The molecule has 0 spiro atoms. The van der Waals surface area contributed by atoms with E-state index in [2.05, 4.69) is 26.2 Å². The van der Waals surface area contributed by atoms with Crippen LogP contribution in [-0.4, -0.2) is 18.0 Å². The summed E-state index contributed by atoms with van der Waals surface area (Å²) in [5.74, 6) is 0.231. The summed E-state index contributed by atoms with van der Waals surface area (Å²) >= 11 is 3.30. The SMILES string of the molecule is COc1ccc(NC(=O)c2cccc(N)c2Br)cn1. The summed E-state index contributed by atoms with van der Waals surface area (Å²) < 4.78 is 5.52. The van der Waals surface area contributed by atoms with Gasteiger partial charge in [-0.1, -0.05) is 6.07 Å². The van der Waals surface area contributed by atoms with Crippen molar-refractivity contribution in [2.75, 3.05) is 18.2 Å². The van der Waals surface area contributed by atoms with Crippen LogP contribution in [0.3, 0.4) is 0 Å². The molecule has 0 aliphatic carbocycles. The molecule has 1 amide bonds. The fraction of sp³-hybridized carbons (Fsp3) is 0.0769. The fourth-order valence-corrected chi connectivity index (χ4v) is 1.94. The number of nitrogens with zero attached hydrogens (tertiary/aromatic N) is 1. The van der Waals surface area contributed by atoms with Crippen molar-refractivity contribution in [2.45, 2.75) is 0 Å². The zero-order valence-electron chi connectivity index (χ0n) is 10.2. The Hall–Kier alpha value is -2.08. The Kier molecular flexibility index (Phi) is 4.01. The largest absolute Gasteiger partial charge is 0.481 e. The Labute approximate surface area is 118 Å². The third kappa shape index (κ3) is 3.03. The highest BCUT2D eigenvalue weighted by atomic mass is 79.9. The number of rotatable bonds is 3. The normalized spacial score (nSPS) is 10.0. The molecule has 0 radical (unpaired) electrons. The van der Waals surface area contributed by atoms with Crippen LogP contribution in [0, 0.1) is 0 Å². The Morgan fingerprint density at radius 3 is 2.79 bits per heavy atom. The van der Waals surface area contributed by atoms with Crippen molar-refractivity contribution in [2.24, 2.45) is 0 Å². The van der Waals surface area contributed by atoms with Gasteiger partial charge in [0, 0.05) is 11.8 Å². The number of nitrogens with two attached hydrogens (primary N) is 1. The zero-order valence-corrected chi connectivity index (χ0v) is 11.8. The van der Waals surface area contributed by atoms with Crippen LogP contribution in [-0.2, 0) is 0 Å². The van der Waals surface area contributed by atoms with Gasteiger partial charge in [0.2, 0.25) is 5.88 Å². The Balaban J connectivity index is 2.18. The third-order valence-corrected chi connectivity index (χ3v) is 3.36. The average molecular weight is 322 g/mol. The van der Waals surface area contributed by atoms with Crippen molar-refractivity contribution in [3.63, 3.8) is 0 Å². The molecule has 0 aliphatic rings. The Bertz CT molecular complexity index is 599. The van der Waals surface area contributed by atoms with Crippen molar-refractivity contribution in [3.8, 4) is 5.88 Å². The highest BCUT2D eigenvalue weighted by molar-refractivity contribution is 9.10. The maximum absolute atomic E-state index is 12.1. The van der Waals surface area contributed by atoms with Crippen molar-refractivity contribution in [3.05, 3.63) is 46.6 Å². The lowest BCUT2D eigenvalue weighted by atomic mass is 10.2. The zero-order chi connectivity index (χ0) is 13.8. The molecule has 0 saturated carbocycles. The van der Waals surface area contributed by atoms with Gasteiger partial charge in [0.25, 0.3) is 5.91 Å². The minimum Gasteiger partial charge on any atom is -0.481 e. The quantitative estimate of drug-likeness (QED) is 0.852. The molecule has 2 rings (SSSR count). The van der Waals surface area contributed by atoms with E-state index in [1.807, 2.05) is 0 Å². The van der Waals surface area contributed by atoms with Crippen LogP contribution in [0.5, 0.6) is 5.88 Å². The summed E-state index contributed by atoms with van der Waals surface area (Å²) in [6.45, 7) is 0. The van der Waals surface area contributed by atoms with Crippen LogP contribution in [0.1, 0.15) is 10.4 Å². The lowest BCUT2D eigenvalue weighted by Crippen LogP contribution is -2.13. The van der Waals surface area contributed by atoms with Gasteiger partial charge in [-0.2, -0.15) is 0 Å². The van der Waals surface area contributed by atoms with Gasteiger partial charge >= 0.3 is 0 Å². The third-order valence-electron chi connectivity index (χ3n) is 2.48. The summed E-state index contributed by atoms with van der Waals surface area (Å²) in [6.07, 6.45) is 1.52. The minimum absolute atomic E-state index is 0.258. The summed E-state index contributed by atoms with van der Waals surface area (Å²) in [7, 11) is 1.53. The van der Waals surface area contributed by atoms with E-state index in [0.717, 1.165) is 0 Å². The molecule has 0 atom stereocenters. The molecule has 0 aliphatic heterocycles. The van der Waals surface area contributed by atoms with Crippen LogP contribution >= 0.6 is 15.9 Å². The summed E-state index contributed by atoms with van der Waals surface area (Å²) in [5.41, 5.74) is 7.30. The van der Waals surface area contributed by atoms with E-state index in [-0.39, 0.29) is 5.91 Å². The van der Waals surface area contributed by atoms with E-state index in [1.54, 1.807) is 30.3 Å². The van der Waals surface area contributed by atoms with Gasteiger partial charge in [-0.3, -0.25) is 4.79 Å². The number of nitrogens with one attached hydrogen (secondary N) is 1. The van der Waals surface area contributed by atoms with E-state index in [9.17, 15) is 4.79 Å². The van der Waals surface area contributed by atoms with Crippen LogP contribution in [0.25, 0.3) is 0 Å². The molecule has 0 unspecified atom stereocenters. The number of carbonyl (C=O) groups excluding carboxylic acids is 1. The second-order valence-electron chi connectivity index (χ2n) is 3.75. The van der Waals surface area contributed by atoms with Crippen molar-refractivity contribution < 1.29 is 9.53 Å². The monoisotopic (exact) mass is 321 g/mol. The van der Waals surface area contributed by atoms with E-state index < -0.39 is 0 Å². The Morgan fingerprint density at radius 2 is 2.16 bits per heavy atom. The topological polar surface area (TPSA) is 77.2 Å². The predicted octanol–water partition coefficient (Wildman–Crippen LogP) is 2.69. The summed E-state index contributed by atoms with van der Waals surface area (Å²) in [4.78, 5) is 16.1. The predicted molar refractivity (Wildman–Crippen MR) is 77.3 cm³/mol. The smallest absolute Gasteiger partial charge is 0.256 e. The van der Waals surface area contributed by atoms with Crippen molar-refractivity contribution in [1.29, 1.82) is 0 Å². The van der Waals surface area contributed by atoms with Gasteiger partial charge < -0.3 is 15.8 Å². The average Bonchev–Trinajstić information content (AvgIpc) is 2.42. The molecule has 1 aromatic heterocycles. The lowest BCUT2D eigenvalue weighted by molar-refractivity contribution is 0.102. The minimum atomic E-state index is -0.258. The second-order valence-corrected chi connectivity index (χ2v) is 4.55. The van der Waals surface area contributed by atoms with Crippen LogP contribution in [0.4, 0.5) is 11.4 Å². The van der Waals surface area contributed by atoms with E-state index >= 15 is 0 Å². The number of carbonyl (C=O) groups is 1. The van der Waals surface area contributed by atoms with E-state index in [0.29, 0.717) is 27.3 Å². The van der Waals surface area contributed by atoms with Crippen LogP contribution in [0.2, 0.25) is 0 Å². The number of benzene rings is 1. The van der Waals surface area contributed by atoms with Gasteiger partial charge in [-0.05, 0) is 34.1 Å². The molecule has 1 heterocycles. The first-order chi connectivity index (χ1) is 9.11. The summed E-state index contributed by atoms with van der Waals surface area (Å²) in [6, 6.07) is 8.51. The maximum atomic E-state index is 12.1. The molecular formula is C13H12BrN3O2. The standard InChI is InChI=1S/C13H12BrN3O2/c1-19-11-6-5-8(7-16-11)17-13(18)9-3-2-4-10(15)12(9)14/h2-7H,15H2,1H3,(H,17,18). The van der Waals surface area contributed by atoms with Crippen molar-refractivity contribution in [1.82, 2.24) is 4.98 Å². The van der Waals surface area contributed by atoms with Crippen molar-refractivity contribution >= 4 is 33.2 Å². The number of hydrogen-bond donors (Lipinski definition) is 2. The van der Waals surface area contributed by atoms with Gasteiger partial charge in [0.05, 0.1) is 29.0 Å². The molecule has 0 fully saturated rings. The van der Waals surface area contributed by atoms with Gasteiger partial charge in [-0.25, -0.2) is 4.98 Å². The van der Waals surface area contributed by atoms with E-state index in [1.165, 1.54) is 13.3 Å². The number of methoxy groups -OCH3 is 1. The second kappa shape index (κ2) is 5.71. The molecule has 3 N–H and O–H groups in total. The molecular weight excluding hydrogens is 310 g/mol. The van der Waals surface area contributed by atoms with E-state index in [4.69, 9.17) is 10.5 Å². The number of aromatic nitrogens is 1. The molecule has 0 saturated heterocycles. The van der Waals surface area contributed by atoms with Crippen LogP contribution < -0.4 is 15.8 Å². The molecule has 0 bridgehead atoms. The highest BCUT2D eigenvalue weighted by Crippen LogP contribution is 2.24. The first kappa shape index (κ1) is 13.4. The summed E-state index contributed by atoms with van der Waals surface area (Å²) in [5, 5.41) is 2.74. The first-order valence-corrected chi connectivity index (χ1v) is 6.26. The number of pyridine rings is 1. The molecule has 1 aromatic carbocycles. The van der Waals surface area contributed by atoms with Gasteiger partial charge in [0.15, 0.2) is 0 Å². The molecule has 98 valence electrons. The number of nitrogen functional groups attached to an aromatic ring is 1. The Morgan fingerprint density at radius 1 is 1.37 bits per heavy atom. The highest BCUT2D eigenvalue weighted by Gasteiger charge is 2.12. The molecule has 19 heavy (non-hydrogen) atoms. The van der Waals surface area contributed by atoms with Crippen LogP contribution in [0.15, 0.2) is 41.0 Å². The number of amides is 1. The number of halogens is 1. The first-order valence-electron chi connectivity index (χ1n) is 5.47. The molecule has 2 aromatic rings. The molecule has 6 heteroatoms. The molecule has 5 nitrogen and oxygen atoms in total. The number of hydrogen-bond acceptors (Lipinski definition) is 4. The number of ether oxygens (including phenoxy) is 1. The fourth-order valence-electron chi connectivity index (χ4n) is 1.50. The number of anilines is 2.